The van der Waals surface area contributed by atoms with E-state index in [2.05, 4.69) is 5.32 Å². The zero-order chi connectivity index (χ0) is 23.5. The average molecular weight is 466 g/mol. The predicted molar refractivity (Wildman–Crippen MR) is 139 cm³/mol. The lowest BCUT2D eigenvalue weighted by Gasteiger charge is -2.10. The largest absolute Gasteiger partial charge is 0.497 e. The summed E-state index contributed by atoms with van der Waals surface area (Å²) in [5.41, 5.74) is 11.8. The summed E-state index contributed by atoms with van der Waals surface area (Å²) in [4.78, 5) is 19.2. The lowest BCUT2D eigenvalue weighted by molar-refractivity contribution is 0.0956. The molecule has 0 saturated heterocycles. The molecule has 0 aliphatic heterocycles. The Morgan fingerprint density at radius 1 is 0.941 bits per heavy atom. The number of pyridine rings is 1. The van der Waals surface area contributed by atoms with E-state index >= 15 is 0 Å². The minimum Gasteiger partial charge on any atom is -0.497 e. The van der Waals surface area contributed by atoms with Crippen LogP contribution in [-0.2, 0) is 6.54 Å². The first-order chi connectivity index (χ1) is 16.6. The maximum Gasteiger partial charge on any atom is 0.263 e. The van der Waals surface area contributed by atoms with Gasteiger partial charge in [0.15, 0.2) is 0 Å². The number of nitrogens with two attached hydrogens (primary N) is 1. The third kappa shape index (κ3) is 4.23. The highest BCUT2D eigenvalue weighted by atomic mass is 32.1. The number of ether oxygens (including phenoxy) is 1. The highest BCUT2D eigenvalue weighted by Crippen LogP contribution is 2.41. The van der Waals surface area contributed by atoms with Gasteiger partial charge in [0.05, 0.1) is 18.5 Å². The van der Waals surface area contributed by atoms with Gasteiger partial charge in [-0.15, -0.1) is 11.3 Å². The highest BCUT2D eigenvalue weighted by Gasteiger charge is 2.21. The Balaban J connectivity index is 1.61. The number of methoxy groups -OCH3 is 1. The van der Waals surface area contributed by atoms with Crippen LogP contribution in [0.2, 0.25) is 0 Å². The summed E-state index contributed by atoms with van der Waals surface area (Å²) in [6, 6.07) is 29.7. The topological polar surface area (TPSA) is 77.2 Å². The second-order valence-electron chi connectivity index (χ2n) is 7.84. The van der Waals surface area contributed by atoms with Gasteiger partial charge in [0.1, 0.15) is 15.5 Å². The molecule has 6 heteroatoms. The standard InChI is InChI=1S/C28H23N3O2S/c1-33-21-14-12-19(13-15-21)22-16-23(20-10-6-3-7-11-20)31-28-24(22)25(29)26(34-28)27(32)30-17-18-8-4-2-5-9-18/h2-16H,17,29H2,1H3,(H,30,32). The number of rotatable bonds is 6. The number of carbonyl (C=O) groups is 1. The Labute approximate surface area is 201 Å². The molecule has 168 valence electrons. The van der Waals surface area contributed by atoms with Gasteiger partial charge in [-0.25, -0.2) is 4.98 Å². The lowest BCUT2D eigenvalue weighted by Crippen LogP contribution is -2.22. The third-order valence-electron chi connectivity index (χ3n) is 5.67. The number of nitrogens with one attached hydrogen (secondary N) is 1. The van der Waals surface area contributed by atoms with Crippen LogP contribution in [-0.4, -0.2) is 18.0 Å². The van der Waals surface area contributed by atoms with Crippen molar-refractivity contribution in [2.75, 3.05) is 12.8 Å². The molecule has 0 unspecified atom stereocenters. The van der Waals surface area contributed by atoms with Crippen LogP contribution in [0.15, 0.2) is 91.0 Å². The number of hydrogen-bond donors (Lipinski definition) is 2. The van der Waals surface area contributed by atoms with Crippen molar-refractivity contribution in [3.8, 4) is 28.1 Å². The summed E-state index contributed by atoms with van der Waals surface area (Å²) in [7, 11) is 1.64. The first-order valence-corrected chi connectivity index (χ1v) is 11.7. The Kier molecular flexibility index (Phi) is 5.97. The number of nitrogen functional groups attached to an aromatic ring is 1. The number of thiophene rings is 1. The van der Waals surface area contributed by atoms with E-state index in [4.69, 9.17) is 15.5 Å². The number of amides is 1. The van der Waals surface area contributed by atoms with Crippen molar-refractivity contribution in [1.82, 2.24) is 10.3 Å². The Hall–Kier alpha value is -4.16. The van der Waals surface area contributed by atoms with E-state index in [1.54, 1.807) is 7.11 Å². The van der Waals surface area contributed by atoms with Crippen molar-refractivity contribution in [3.05, 3.63) is 101 Å². The molecule has 3 N–H and O–H groups in total. The molecule has 0 aliphatic rings. The molecule has 3 aromatic carbocycles. The maximum absolute atomic E-state index is 13.1. The van der Waals surface area contributed by atoms with Gasteiger partial charge in [-0.2, -0.15) is 0 Å². The summed E-state index contributed by atoms with van der Waals surface area (Å²) in [5.74, 6) is 0.572. The van der Waals surface area contributed by atoms with Crippen LogP contribution >= 0.6 is 11.3 Å². The normalized spacial score (nSPS) is 10.9. The number of aromatic nitrogens is 1. The zero-order valence-corrected chi connectivity index (χ0v) is 19.4. The minimum atomic E-state index is -0.203. The van der Waals surface area contributed by atoms with Crippen molar-refractivity contribution in [2.24, 2.45) is 0 Å². The Bertz CT molecular complexity index is 1450. The van der Waals surface area contributed by atoms with Crippen LogP contribution in [0.1, 0.15) is 15.2 Å². The number of hydrogen-bond acceptors (Lipinski definition) is 5. The maximum atomic E-state index is 13.1. The zero-order valence-electron chi connectivity index (χ0n) is 18.6. The summed E-state index contributed by atoms with van der Waals surface area (Å²) in [6.07, 6.45) is 0. The molecule has 5 nitrogen and oxygen atoms in total. The predicted octanol–water partition coefficient (Wildman–Crippen LogP) is 6.15. The van der Waals surface area contributed by atoms with Gasteiger partial charge in [-0.05, 0) is 34.9 Å². The fourth-order valence-electron chi connectivity index (χ4n) is 3.90. The molecule has 34 heavy (non-hydrogen) atoms. The van der Waals surface area contributed by atoms with E-state index in [9.17, 15) is 4.79 Å². The van der Waals surface area contributed by atoms with Gasteiger partial charge in [-0.3, -0.25) is 4.79 Å². The molecule has 0 bridgehead atoms. The van der Waals surface area contributed by atoms with Crippen LogP contribution in [0, 0.1) is 0 Å². The molecule has 2 aromatic heterocycles. The molecule has 0 atom stereocenters. The molecular weight excluding hydrogens is 442 g/mol. The third-order valence-corrected chi connectivity index (χ3v) is 6.77. The summed E-state index contributed by atoms with van der Waals surface area (Å²) in [5, 5.41) is 3.78. The van der Waals surface area contributed by atoms with Crippen molar-refractivity contribution < 1.29 is 9.53 Å². The minimum absolute atomic E-state index is 0.203. The number of fused-ring (bicyclic) bond motifs is 1. The summed E-state index contributed by atoms with van der Waals surface area (Å²) >= 11 is 1.32. The second kappa shape index (κ2) is 9.37. The first-order valence-electron chi connectivity index (χ1n) is 10.9. The Morgan fingerprint density at radius 3 is 2.29 bits per heavy atom. The number of carbonyl (C=O) groups excluding carboxylic acids is 1. The van der Waals surface area contributed by atoms with Crippen LogP contribution in [0.3, 0.4) is 0 Å². The molecule has 1 amide bonds. The molecule has 0 radical (unpaired) electrons. The van der Waals surface area contributed by atoms with Gasteiger partial charge in [0, 0.05) is 17.5 Å². The second-order valence-corrected chi connectivity index (χ2v) is 8.84. The number of nitrogens with zero attached hydrogens (tertiary/aromatic N) is 1. The van der Waals surface area contributed by atoms with Crippen LogP contribution in [0.25, 0.3) is 32.6 Å². The summed E-state index contributed by atoms with van der Waals surface area (Å²) < 4.78 is 5.32. The average Bonchev–Trinajstić information content (AvgIpc) is 3.24. The molecule has 5 aromatic rings. The van der Waals surface area contributed by atoms with Crippen molar-refractivity contribution in [3.63, 3.8) is 0 Å². The number of benzene rings is 3. The molecular formula is C28H23N3O2S. The SMILES string of the molecule is COc1ccc(-c2cc(-c3ccccc3)nc3sc(C(=O)NCc4ccccc4)c(N)c23)cc1. The van der Waals surface area contributed by atoms with Gasteiger partial charge < -0.3 is 15.8 Å². The first kappa shape index (κ1) is 21.7. The monoisotopic (exact) mass is 465 g/mol. The molecule has 5 rings (SSSR count). The molecule has 2 heterocycles. The molecule has 0 spiro atoms. The van der Waals surface area contributed by atoms with E-state index in [0.717, 1.165) is 43.9 Å². The van der Waals surface area contributed by atoms with Crippen molar-refractivity contribution >= 4 is 33.1 Å². The summed E-state index contributed by atoms with van der Waals surface area (Å²) in [6.45, 7) is 0.432. The molecule has 0 aliphatic carbocycles. The van der Waals surface area contributed by atoms with Crippen molar-refractivity contribution in [1.29, 1.82) is 0 Å². The van der Waals surface area contributed by atoms with Gasteiger partial charge in [-0.1, -0.05) is 72.8 Å². The van der Waals surface area contributed by atoms with Gasteiger partial charge >= 0.3 is 0 Å². The van der Waals surface area contributed by atoms with Crippen molar-refractivity contribution in [2.45, 2.75) is 6.54 Å². The fourth-order valence-corrected chi connectivity index (χ4v) is 4.94. The lowest BCUT2D eigenvalue weighted by atomic mass is 9.99. The molecule has 0 fully saturated rings. The van der Waals surface area contributed by atoms with E-state index in [0.29, 0.717) is 17.1 Å². The smallest absolute Gasteiger partial charge is 0.263 e. The molecule has 0 saturated carbocycles. The van der Waals surface area contributed by atoms with E-state index in [-0.39, 0.29) is 5.91 Å². The van der Waals surface area contributed by atoms with Gasteiger partial charge in [0.2, 0.25) is 0 Å². The van der Waals surface area contributed by atoms with Crippen LogP contribution < -0.4 is 15.8 Å². The Morgan fingerprint density at radius 2 is 1.62 bits per heavy atom. The fraction of sp³-hybridized carbons (Fsp3) is 0.0714. The van der Waals surface area contributed by atoms with E-state index in [1.807, 2.05) is 91.0 Å². The van der Waals surface area contributed by atoms with Crippen LogP contribution in [0.4, 0.5) is 5.69 Å². The van der Waals surface area contributed by atoms with E-state index < -0.39 is 0 Å². The number of anilines is 1. The quantitative estimate of drug-likeness (QED) is 0.315. The van der Waals surface area contributed by atoms with E-state index in [1.165, 1.54) is 11.3 Å². The van der Waals surface area contributed by atoms with Gasteiger partial charge in [0.25, 0.3) is 5.91 Å². The van der Waals surface area contributed by atoms with Crippen LogP contribution in [0.5, 0.6) is 5.75 Å². The highest BCUT2D eigenvalue weighted by molar-refractivity contribution is 7.21.